The minimum Gasteiger partial charge on any atom is -0.458 e. The van der Waals surface area contributed by atoms with Crippen LogP contribution in [0.25, 0.3) is 11.0 Å². The number of benzene rings is 2. The minimum atomic E-state index is -0.590. The number of aliphatic hydroxyl groups excluding tert-OH is 1. The molecule has 0 bridgehead atoms. The summed E-state index contributed by atoms with van der Waals surface area (Å²) in [6.07, 6.45) is -0.590. The number of rotatable bonds is 4. The van der Waals surface area contributed by atoms with E-state index in [1.165, 1.54) is 10.5 Å². The summed E-state index contributed by atoms with van der Waals surface area (Å²) in [6, 6.07) is 18.0. The molecule has 0 aliphatic carbocycles. The number of fused-ring (bicyclic) bond motifs is 1. The molecule has 0 amide bonds. The number of thioether (sulfide) groups is 1. The van der Waals surface area contributed by atoms with Crippen LogP contribution >= 0.6 is 11.8 Å². The molecule has 0 saturated heterocycles. The molecule has 1 N–H and O–H groups in total. The summed E-state index contributed by atoms with van der Waals surface area (Å²) in [7, 11) is 0. The highest BCUT2D eigenvalue weighted by Gasteiger charge is 2.13. The molecule has 0 aliphatic rings. The third kappa shape index (κ3) is 2.89. The SMILES string of the molecule is Cc1cccc(SCC(O)c2cc3ccccc3o2)c1. The van der Waals surface area contributed by atoms with E-state index in [1.807, 2.05) is 36.4 Å². The van der Waals surface area contributed by atoms with Gasteiger partial charge in [-0.2, -0.15) is 0 Å². The molecule has 0 fully saturated rings. The highest BCUT2D eigenvalue weighted by molar-refractivity contribution is 7.99. The van der Waals surface area contributed by atoms with Crippen molar-refractivity contribution in [1.82, 2.24) is 0 Å². The van der Waals surface area contributed by atoms with Gasteiger partial charge in [-0.1, -0.05) is 35.9 Å². The van der Waals surface area contributed by atoms with Crippen molar-refractivity contribution in [2.45, 2.75) is 17.9 Å². The van der Waals surface area contributed by atoms with Gasteiger partial charge in [0.05, 0.1) is 0 Å². The fourth-order valence-corrected chi connectivity index (χ4v) is 3.09. The molecule has 0 aliphatic heterocycles. The van der Waals surface area contributed by atoms with Gasteiger partial charge in [-0.05, 0) is 31.2 Å². The Morgan fingerprint density at radius 2 is 1.95 bits per heavy atom. The van der Waals surface area contributed by atoms with Crippen molar-refractivity contribution in [2.24, 2.45) is 0 Å². The Labute approximate surface area is 122 Å². The van der Waals surface area contributed by atoms with Crippen LogP contribution in [0.5, 0.6) is 0 Å². The van der Waals surface area contributed by atoms with Crippen LogP contribution < -0.4 is 0 Å². The van der Waals surface area contributed by atoms with Crippen molar-refractivity contribution in [3.63, 3.8) is 0 Å². The summed E-state index contributed by atoms with van der Waals surface area (Å²) in [5, 5.41) is 11.3. The highest BCUT2D eigenvalue weighted by Crippen LogP contribution is 2.28. The first-order chi connectivity index (χ1) is 9.72. The van der Waals surface area contributed by atoms with Crippen LogP contribution in [0.1, 0.15) is 17.4 Å². The van der Waals surface area contributed by atoms with E-state index in [2.05, 4.69) is 25.1 Å². The van der Waals surface area contributed by atoms with Gasteiger partial charge in [-0.3, -0.25) is 0 Å². The average Bonchev–Trinajstić information content (AvgIpc) is 2.89. The van der Waals surface area contributed by atoms with Gasteiger partial charge in [0.1, 0.15) is 17.4 Å². The molecular formula is C17H16O2S. The zero-order valence-electron chi connectivity index (χ0n) is 11.2. The zero-order valence-corrected chi connectivity index (χ0v) is 12.1. The normalized spacial score (nSPS) is 12.7. The van der Waals surface area contributed by atoms with Crippen LogP contribution in [0.3, 0.4) is 0 Å². The van der Waals surface area contributed by atoms with E-state index in [0.29, 0.717) is 11.5 Å². The second kappa shape index (κ2) is 5.73. The van der Waals surface area contributed by atoms with Crippen molar-refractivity contribution in [1.29, 1.82) is 0 Å². The molecule has 3 aromatic rings. The van der Waals surface area contributed by atoms with E-state index >= 15 is 0 Å². The lowest BCUT2D eigenvalue weighted by Crippen LogP contribution is -1.98. The Hall–Kier alpha value is -1.71. The van der Waals surface area contributed by atoms with Crippen LogP contribution in [0.15, 0.2) is 63.9 Å². The van der Waals surface area contributed by atoms with E-state index < -0.39 is 6.10 Å². The summed E-state index contributed by atoms with van der Waals surface area (Å²) in [5.41, 5.74) is 2.05. The third-order valence-corrected chi connectivity index (χ3v) is 4.24. The molecule has 2 nitrogen and oxygen atoms in total. The van der Waals surface area contributed by atoms with E-state index in [9.17, 15) is 5.11 Å². The maximum Gasteiger partial charge on any atom is 0.134 e. The molecule has 1 heterocycles. The first-order valence-corrected chi connectivity index (χ1v) is 7.57. The number of furan rings is 1. The first kappa shape index (κ1) is 13.3. The van der Waals surface area contributed by atoms with Crippen molar-refractivity contribution in [3.8, 4) is 0 Å². The van der Waals surface area contributed by atoms with Gasteiger partial charge in [0.15, 0.2) is 0 Å². The van der Waals surface area contributed by atoms with E-state index in [-0.39, 0.29) is 0 Å². The van der Waals surface area contributed by atoms with Crippen LogP contribution in [0.2, 0.25) is 0 Å². The molecule has 3 rings (SSSR count). The molecule has 1 atom stereocenters. The number of aryl methyl sites for hydroxylation is 1. The first-order valence-electron chi connectivity index (χ1n) is 6.58. The second-order valence-electron chi connectivity index (χ2n) is 4.83. The lowest BCUT2D eigenvalue weighted by atomic mass is 10.2. The average molecular weight is 284 g/mol. The van der Waals surface area contributed by atoms with Gasteiger partial charge in [-0.15, -0.1) is 11.8 Å². The van der Waals surface area contributed by atoms with Gasteiger partial charge in [0, 0.05) is 16.0 Å². The van der Waals surface area contributed by atoms with Crippen molar-refractivity contribution in [2.75, 3.05) is 5.75 Å². The Balaban J connectivity index is 1.71. The van der Waals surface area contributed by atoms with E-state index in [4.69, 9.17) is 4.42 Å². The number of hydrogen-bond donors (Lipinski definition) is 1. The van der Waals surface area contributed by atoms with E-state index in [0.717, 1.165) is 11.0 Å². The quantitative estimate of drug-likeness (QED) is 0.713. The molecule has 0 radical (unpaired) electrons. The van der Waals surface area contributed by atoms with E-state index in [1.54, 1.807) is 11.8 Å². The fraction of sp³-hybridized carbons (Fsp3) is 0.176. The Morgan fingerprint density at radius 3 is 2.75 bits per heavy atom. The molecule has 1 aromatic heterocycles. The largest absolute Gasteiger partial charge is 0.458 e. The molecule has 0 spiro atoms. The molecular weight excluding hydrogens is 268 g/mol. The zero-order chi connectivity index (χ0) is 13.9. The summed E-state index contributed by atoms with van der Waals surface area (Å²) >= 11 is 1.64. The van der Waals surface area contributed by atoms with Gasteiger partial charge >= 0.3 is 0 Å². The van der Waals surface area contributed by atoms with Gasteiger partial charge < -0.3 is 9.52 Å². The summed E-state index contributed by atoms with van der Waals surface area (Å²) in [4.78, 5) is 1.17. The maximum atomic E-state index is 10.2. The number of para-hydroxylation sites is 1. The Kier molecular flexibility index (Phi) is 3.81. The monoisotopic (exact) mass is 284 g/mol. The molecule has 102 valence electrons. The minimum absolute atomic E-state index is 0.587. The number of hydrogen-bond acceptors (Lipinski definition) is 3. The predicted molar refractivity (Wildman–Crippen MR) is 83.1 cm³/mol. The maximum absolute atomic E-state index is 10.2. The van der Waals surface area contributed by atoms with Crippen molar-refractivity contribution < 1.29 is 9.52 Å². The topological polar surface area (TPSA) is 33.4 Å². The van der Waals surface area contributed by atoms with Crippen LogP contribution in [-0.4, -0.2) is 10.9 Å². The second-order valence-corrected chi connectivity index (χ2v) is 5.92. The Morgan fingerprint density at radius 1 is 1.10 bits per heavy atom. The standard InChI is InChI=1S/C17H16O2S/c1-12-5-4-7-14(9-12)20-11-15(18)17-10-13-6-2-3-8-16(13)19-17/h2-10,15,18H,11H2,1H3. The lowest BCUT2D eigenvalue weighted by molar-refractivity contribution is 0.177. The van der Waals surface area contributed by atoms with Gasteiger partial charge in [-0.25, -0.2) is 0 Å². The predicted octanol–water partition coefficient (Wildman–Crippen LogP) is 4.57. The van der Waals surface area contributed by atoms with Crippen LogP contribution in [-0.2, 0) is 0 Å². The van der Waals surface area contributed by atoms with Crippen molar-refractivity contribution in [3.05, 3.63) is 65.9 Å². The molecule has 3 heteroatoms. The molecule has 1 unspecified atom stereocenters. The highest BCUT2D eigenvalue weighted by atomic mass is 32.2. The molecule has 0 saturated carbocycles. The van der Waals surface area contributed by atoms with Gasteiger partial charge in [0.25, 0.3) is 0 Å². The Bertz CT molecular complexity index is 685. The third-order valence-electron chi connectivity index (χ3n) is 3.17. The molecule has 20 heavy (non-hydrogen) atoms. The summed E-state index contributed by atoms with van der Waals surface area (Å²) < 4.78 is 5.68. The van der Waals surface area contributed by atoms with Crippen LogP contribution in [0, 0.1) is 6.92 Å². The smallest absolute Gasteiger partial charge is 0.134 e. The summed E-state index contributed by atoms with van der Waals surface area (Å²) in [6.45, 7) is 2.07. The number of aliphatic hydroxyl groups is 1. The van der Waals surface area contributed by atoms with Gasteiger partial charge in [0.2, 0.25) is 0 Å². The lowest BCUT2D eigenvalue weighted by Gasteiger charge is -2.07. The summed E-state index contributed by atoms with van der Waals surface area (Å²) in [5.74, 6) is 1.22. The van der Waals surface area contributed by atoms with Crippen molar-refractivity contribution >= 4 is 22.7 Å². The van der Waals surface area contributed by atoms with Crippen LogP contribution in [0.4, 0.5) is 0 Å². The fourth-order valence-electron chi connectivity index (χ4n) is 2.13. The molecule has 2 aromatic carbocycles.